The van der Waals surface area contributed by atoms with Crippen LogP contribution in [0.1, 0.15) is 5.56 Å². The van der Waals surface area contributed by atoms with E-state index in [2.05, 4.69) is 31.3 Å². The van der Waals surface area contributed by atoms with Gasteiger partial charge in [-0.2, -0.15) is 16.1 Å². The predicted molar refractivity (Wildman–Crippen MR) is 85.0 cm³/mol. The first-order valence-corrected chi connectivity index (χ1v) is 8.25. The Morgan fingerprint density at radius 3 is 3.00 bits per heavy atom. The van der Waals surface area contributed by atoms with Crippen LogP contribution in [-0.4, -0.2) is 26.2 Å². The number of carbonyl (C=O) groups is 1. The smallest absolute Gasteiger partial charge is 0.330 e. The van der Waals surface area contributed by atoms with E-state index in [1.807, 2.05) is 16.8 Å². The third-order valence-electron chi connectivity index (χ3n) is 2.91. The number of thiophene rings is 1. The molecule has 0 radical (unpaired) electrons. The quantitative estimate of drug-likeness (QED) is 0.619. The van der Waals surface area contributed by atoms with Crippen molar-refractivity contribution >= 4 is 33.2 Å². The van der Waals surface area contributed by atoms with E-state index >= 15 is 0 Å². The second-order valence-electron chi connectivity index (χ2n) is 4.55. The molecule has 9 heteroatoms. The van der Waals surface area contributed by atoms with Crippen LogP contribution >= 0.6 is 27.3 Å². The number of hydrogen-bond acceptors (Lipinski definition) is 6. The molecule has 0 fully saturated rings. The molecule has 6 nitrogen and oxygen atoms in total. The van der Waals surface area contributed by atoms with Crippen molar-refractivity contribution in [3.05, 3.63) is 50.9 Å². The van der Waals surface area contributed by atoms with E-state index in [9.17, 15) is 9.18 Å². The summed E-state index contributed by atoms with van der Waals surface area (Å²) in [6.07, 6.45) is 0. The van der Waals surface area contributed by atoms with Crippen molar-refractivity contribution in [2.75, 3.05) is 0 Å². The number of rotatable bonds is 5. The lowest BCUT2D eigenvalue weighted by Gasteiger charge is -2.05. The molecule has 0 saturated heterocycles. The van der Waals surface area contributed by atoms with Gasteiger partial charge < -0.3 is 4.74 Å². The molecule has 1 aromatic carbocycles. The first kappa shape index (κ1) is 15.8. The number of halogens is 2. The van der Waals surface area contributed by atoms with Crippen molar-refractivity contribution in [1.82, 2.24) is 20.2 Å². The minimum atomic E-state index is -0.568. The number of aromatic nitrogens is 4. The summed E-state index contributed by atoms with van der Waals surface area (Å²) in [5.74, 6) is -0.564. The Bertz CT molecular complexity index is 822. The Balaban J connectivity index is 1.57. The van der Waals surface area contributed by atoms with Gasteiger partial charge in [-0.05, 0) is 28.8 Å². The van der Waals surface area contributed by atoms with E-state index in [1.54, 1.807) is 12.1 Å². The van der Waals surface area contributed by atoms with Crippen molar-refractivity contribution in [2.45, 2.75) is 13.2 Å². The second-order valence-corrected chi connectivity index (χ2v) is 6.25. The number of tetrazole rings is 1. The predicted octanol–water partition coefficient (Wildman–Crippen LogP) is 3.05. The molecule has 0 aliphatic heterocycles. The van der Waals surface area contributed by atoms with Crippen LogP contribution in [0.15, 0.2) is 39.5 Å². The van der Waals surface area contributed by atoms with Gasteiger partial charge in [-0.1, -0.05) is 22.0 Å². The normalized spacial score (nSPS) is 10.7. The number of ether oxygens (including phenoxy) is 1. The van der Waals surface area contributed by atoms with Gasteiger partial charge in [0.05, 0.1) is 0 Å². The molecule has 3 rings (SSSR count). The molecule has 0 aliphatic rings. The van der Waals surface area contributed by atoms with Gasteiger partial charge in [-0.3, -0.25) is 0 Å². The van der Waals surface area contributed by atoms with E-state index in [4.69, 9.17) is 4.74 Å². The van der Waals surface area contributed by atoms with Crippen molar-refractivity contribution in [3.63, 3.8) is 0 Å². The number of benzene rings is 1. The molecule has 0 spiro atoms. The molecule has 3 aromatic rings. The molecular formula is C14H10BrFN4O2S. The maximum absolute atomic E-state index is 13.6. The van der Waals surface area contributed by atoms with E-state index in [0.29, 0.717) is 15.9 Å². The van der Waals surface area contributed by atoms with Gasteiger partial charge in [0.25, 0.3) is 0 Å². The van der Waals surface area contributed by atoms with Gasteiger partial charge in [0.2, 0.25) is 5.82 Å². The Kier molecular flexibility index (Phi) is 4.77. The molecule has 0 bridgehead atoms. The zero-order valence-corrected chi connectivity index (χ0v) is 14.1. The first-order valence-electron chi connectivity index (χ1n) is 6.52. The maximum Gasteiger partial charge on any atom is 0.330 e. The van der Waals surface area contributed by atoms with Crippen LogP contribution in [0, 0.1) is 5.82 Å². The summed E-state index contributed by atoms with van der Waals surface area (Å²) in [6, 6.07) is 6.41. The number of esters is 1. The van der Waals surface area contributed by atoms with Crippen LogP contribution in [0.25, 0.3) is 11.4 Å². The summed E-state index contributed by atoms with van der Waals surface area (Å²) in [4.78, 5) is 12.9. The van der Waals surface area contributed by atoms with Crippen LogP contribution in [0.3, 0.4) is 0 Å². The minimum absolute atomic E-state index is 0.149. The van der Waals surface area contributed by atoms with Gasteiger partial charge in [0, 0.05) is 21.0 Å². The molecule has 0 aliphatic carbocycles. The highest BCUT2D eigenvalue weighted by Crippen LogP contribution is 2.17. The molecule has 0 N–H and O–H groups in total. The van der Waals surface area contributed by atoms with Gasteiger partial charge in [-0.15, -0.1) is 10.2 Å². The molecule has 0 atom stereocenters. The fraction of sp³-hybridized carbons (Fsp3) is 0.143. The van der Waals surface area contributed by atoms with Crippen LogP contribution in [-0.2, 0) is 22.7 Å². The summed E-state index contributed by atoms with van der Waals surface area (Å²) in [6.45, 7) is -0.334. The molecule has 0 unspecified atom stereocenters. The fourth-order valence-corrected chi connectivity index (χ4v) is 2.74. The van der Waals surface area contributed by atoms with E-state index < -0.39 is 11.8 Å². The molecule has 0 saturated carbocycles. The fourth-order valence-electron chi connectivity index (χ4n) is 1.78. The molecule has 0 amide bonds. The highest BCUT2D eigenvalue weighted by atomic mass is 79.9. The number of hydrogen-bond donors (Lipinski definition) is 0. The Morgan fingerprint density at radius 2 is 2.26 bits per heavy atom. The zero-order chi connectivity index (χ0) is 16.2. The number of carbonyl (C=O) groups excluding carboxylic acids is 1. The third kappa shape index (κ3) is 3.99. The average Bonchev–Trinajstić information content (AvgIpc) is 3.17. The molecule has 118 valence electrons. The summed E-state index contributed by atoms with van der Waals surface area (Å²) < 4.78 is 19.3. The topological polar surface area (TPSA) is 69.9 Å². The number of nitrogens with zero attached hydrogens (tertiary/aromatic N) is 4. The molecule has 23 heavy (non-hydrogen) atoms. The lowest BCUT2D eigenvalue weighted by molar-refractivity contribution is -0.146. The first-order chi connectivity index (χ1) is 11.1. The molecule has 2 aromatic heterocycles. The van der Waals surface area contributed by atoms with Crippen LogP contribution in [0.2, 0.25) is 0 Å². The lowest BCUT2D eigenvalue weighted by atomic mass is 10.2. The van der Waals surface area contributed by atoms with Crippen molar-refractivity contribution in [1.29, 1.82) is 0 Å². The van der Waals surface area contributed by atoms with E-state index in [-0.39, 0.29) is 13.2 Å². The minimum Gasteiger partial charge on any atom is -0.459 e. The summed E-state index contributed by atoms with van der Waals surface area (Å²) >= 11 is 4.68. The second kappa shape index (κ2) is 6.97. The van der Waals surface area contributed by atoms with Crippen molar-refractivity contribution < 1.29 is 13.9 Å². The highest BCUT2D eigenvalue weighted by Gasteiger charge is 2.12. The standard InChI is InChI=1S/C14H10BrFN4O2S/c15-11-2-1-9(12(16)5-11)7-22-13(21)6-20-18-14(17-19-20)10-3-4-23-8-10/h1-5,8H,6-7H2. The molecular weight excluding hydrogens is 387 g/mol. The van der Waals surface area contributed by atoms with Gasteiger partial charge in [0.1, 0.15) is 12.4 Å². The summed E-state index contributed by atoms with van der Waals surface area (Å²) in [5.41, 5.74) is 1.14. The van der Waals surface area contributed by atoms with E-state index in [0.717, 1.165) is 10.4 Å². The summed E-state index contributed by atoms with van der Waals surface area (Å²) in [7, 11) is 0. The lowest BCUT2D eigenvalue weighted by Crippen LogP contribution is -2.16. The van der Waals surface area contributed by atoms with Crippen LogP contribution in [0.5, 0.6) is 0 Å². The van der Waals surface area contributed by atoms with Crippen molar-refractivity contribution in [2.24, 2.45) is 0 Å². The van der Waals surface area contributed by atoms with Crippen LogP contribution in [0.4, 0.5) is 4.39 Å². The maximum atomic E-state index is 13.6. The average molecular weight is 397 g/mol. The van der Waals surface area contributed by atoms with Gasteiger partial charge >= 0.3 is 5.97 Å². The largest absolute Gasteiger partial charge is 0.459 e. The van der Waals surface area contributed by atoms with Gasteiger partial charge in [0.15, 0.2) is 6.54 Å². The zero-order valence-electron chi connectivity index (χ0n) is 11.6. The summed E-state index contributed by atoms with van der Waals surface area (Å²) in [5, 5.41) is 15.5. The molecule has 2 heterocycles. The SMILES string of the molecule is O=C(Cn1nnc(-c2ccsc2)n1)OCc1ccc(Br)cc1F. The Morgan fingerprint density at radius 1 is 1.39 bits per heavy atom. The third-order valence-corrected chi connectivity index (χ3v) is 4.08. The highest BCUT2D eigenvalue weighted by molar-refractivity contribution is 9.10. The van der Waals surface area contributed by atoms with Crippen molar-refractivity contribution in [3.8, 4) is 11.4 Å². The Hall–Kier alpha value is -2.13. The van der Waals surface area contributed by atoms with Gasteiger partial charge in [-0.25, -0.2) is 9.18 Å². The monoisotopic (exact) mass is 396 g/mol. The van der Waals surface area contributed by atoms with Crippen LogP contribution < -0.4 is 0 Å². The Labute approximate surface area is 143 Å². The van der Waals surface area contributed by atoms with E-state index in [1.165, 1.54) is 17.4 Å².